The Morgan fingerprint density at radius 3 is 2.53 bits per heavy atom. The second kappa shape index (κ2) is 10.6. The molecular formula is C30H31ClO5. The van der Waals surface area contributed by atoms with Crippen LogP contribution in [0.4, 0.5) is 0 Å². The quantitative estimate of drug-likeness (QED) is 0.395. The molecule has 4 rings (SSSR count). The molecule has 2 N–H and O–H groups in total. The van der Waals surface area contributed by atoms with Gasteiger partial charge < -0.3 is 19.7 Å². The van der Waals surface area contributed by atoms with Gasteiger partial charge >= 0.3 is 5.97 Å². The molecule has 36 heavy (non-hydrogen) atoms. The molecule has 1 saturated heterocycles. The SMILES string of the molecule is Cc1cc2ccc(C#CC3CCOC(O)C3)cc2c(-c2ccc(Cl)cc2)c1C(OC(C)(C)C)C(=O)O. The lowest BCUT2D eigenvalue weighted by Crippen LogP contribution is -2.28. The Labute approximate surface area is 217 Å². The summed E-state index contributed by atoms with van der Waals surface area (Å²) in [5, 5.41) is 22.5. The predicted octanol–water partition coefficient (Wildman–Crippen LogP) is 6.51. The van der Waals surface area contributed by atoms with Crippen molar-refractivity contribution in [3.8, 4) is 23.0 Å². The van der Waals surface area contributed by atoms with Gasteiger partial charge in [0.1, 0.15) is 0 Å². The number of aliphatic hydroxyl groups is 1. The number of aliphatic hydroxyl groups excluding tert-OH is 1. The van der Waals surface area contributed by atoms with E-state index in [2.05, 4.69) is 11.8 Å². The molecule has 0 bridgehead atoms. The Bertz CT molecular complexity index is 1330. The number of aryl methyl sites for hydroxylation is 1. The predicted molar refractivity (Wildman–Crippen MR) is 142 cm³/mol. The van der Waals surface area contributed by atoms with Crippen molar-refractivity contribution in [1.82, 2.24) is 0 Å². The summed E-state index contributed by atoms with van der Waals surface area (Å²) in [4.78, 5) is 12.5. The first kappa shape index (κ1) is 26.2. The minimum Gasteiger partial charge on any atom is -0.479 e. The average Bonchev–Trinajstić information content (AvgIpc) is 2.81. The third-order valence-corrected chi connectivity index (χ3v) is 6.41. The molecule has 1 aliphatic rings. The summed E-state index contributed by atoms with van der Waals surface area (Å²) >= 11 is 6.18. The minimum absolute atomic E-state index is 0.0605. The van der Waals surface area contributed by atoms with Crippen LogP contribution in [0, 0.1) is 24.7 Å². The normalized spacial score (nSPS) is 18.9. The highest BCUT2D eigenvalue weighted by atomic mass is 35.5. The standard InChI is InChI=1S/C30H31ClO5/c1-18-15-22-8-7-19(5-6-20-13-14-35-25(32)17-20)16-24(22)27(21-9-11-23(31)12-10-21)26(18)28(29(33)34)36-30(2,3)4/h7-12,15-16,20,25,28,32H,13-14,17H2,1-4H3,(H,33,34). The van der Waals surface area contributed by atoms with Gasteiger partial charge in [-0.15, -0.1) is 0 Å². The number of carbonyl (C=O) groups is 1. The van der Waals surface area contributed by atoms with E-state index in [0.717, 1.165) is 39.4 Å². The number of rotatable bonds is 4. The number of fused-ring (bicyclic) bond motifs is 1. The Kier molecular flexibility index (Phi) is 7.73. The minimum atomic E-state index is -1.15. The molecule has 0 saturated carbocycles. The Hall–Kier alpha value is -2.88. The fourth-order valence-electron chi connectivity index (χ4n) is 4.57. The number of carboxylic acids is 1. The van der Waals surface area contributed by atoms with Crippen molar-refractivity contribution in [1.29, 1.82) is 0 Å². The van der Waals surface area contributed by atoms with Crippen LogP contribution in [0.5, 0.6) is 0 Å². The molecular weight excluding hydrogens is 476 g/mol. The van der Waals surface area contributed by atoms with Crippen molar-refractivity contribution < 1.29 is 24.5 Å². The lowest BCUT2D eigenvalue weighted by atomic mass is 9.86. The molecule has 5 nitrogen and oxygen atoms in total. The van der Waals surface area contributed by atoms with Crippen LogP contribution in [0.2, 0.25) is 5.02 Å². The third kappa shape index (κ3) is 6.08. The first-order chi connectivity index (χ1) is 17.0. The zero-order valence-electron chi connectivity index (χ0n) is 21.0. The van der Waals surface area contributed by atoms with Gasteiger partial charge in [0.2, 0.25) is 0 Å². The molecule has 3 atom stereocenters. The van der Waals surface area contributed by atoms with Crippen molar-refractivity contribution >= 4 is 28.3 Å². The molecule has 0 aromatic heterocycles. The van der Waals surface area contributed by atoms with E-state index in [0.29, 0.717) is 23.6 Å². The molecule has 0 radical (unpaired) electrons. The number of aliphatic carboxylic acids is 1. The molecule has 0 spiro atoms. The van der Waals surface area contributed by atoms with Crippen LogP contribution in [0.25, 0.3) is 21.9 Å². The van der Waals surface area contributed by atoms with E-state index in [9.17, 15) is 15.0 Å². The van der Waals surface area contributed by atoms with E-state index in [1.807, 2.05) is 64.1 Å². The molecule has 188 valence electrons. The number of ether oxygens (including phenoxy) is 2. The highest BCUT2D eigenvalue weighted by Crippen LogP contribution is 2.41. The molecule has 6 heteroatoms. The van der Waals surface area contributed by atoms with Crippen molar-refractivity contribution in [3.05, 3.63) is 70.2 Å². The topological polar surface area (TPSA) is 76.0 Å². The van der Waals surface area contributed by atoms with Crippen LogP contribution in [0.1, 0.15) is 56.4 Å². The van der Waals surface area contributed by atoms with E-state index in [4.69, 9.17) is 21.1 Å². The van der Waals surface area contributed by atoms with Gasteiger partial charge in [0.25, 0.3) is 0 Å². The van der Waals surface area contributed by atoms with Crippen LogP contribution in [-0.4, -0.2) is 34.7 Å². The number of benzene rings is 3. The summed E-state index contributed by atoms with van der Waals surface area (Å²) in [6.45, 7) is 7.96. The van der Waals surface area contributed by atoms with E-state index in [-0.39, 0.29) is 5.92 Å². The van der Waals surface area contributed by atoms with Crippen LogP contribution in [0.15, 0.2) is 48.5 Å². The van der Waals surface area contributed by atoms with Gasteiger partial charge in [-0.3, -0.25) is 0 Å². The zero-order chi connectivity index (χ0) is 26.0. The second-order valence-corrected chi connectivity index (χ2v) is 10.6. The summed E-state index contributed by atoms with van der Waals surface area (Å²) in [6.07, 6.45) is -0.655. The van der Waals surface area contributed by atoms with Gasteiger partial charge in [0, 0.05) is 28.5 Å². The van der Waals surface area contributed by atoms with E-state index < -0.39 is 24.0 Å². The van der Waals surface area contributed by atoms with Gasteiger partial charge in [0.15, 0.2) is 12.4 Å². The van der Waals surface area contributed by atoms with Crippen molar-refractivity contribution in [2.45, 2.75) is 58.5 Å². The van der Waals surface area contributed by atoms with Crippen molar-refractivity contribution in [2.24, 2.45) is 5.92 Å². The summed E-state index contributed by atoms with van der Waals surface area (Å²) in [7, 11) is 0. The first-order valence-corrected chi connectivity index (χ1v) is 12.4. The van der Waals surface area contributed by atoms with Gasteiger partial charge in [-0.1, -0.05) is 47.7 Å². The molecule has 1 aliphatic heterocycles. The molecule has 0 aliphatic carbocycles. The van der Waals surface area contributed by atoms with E-state index in [1.165, 1.54) is 0 Å². The maximum Gasteiger partial charge on any atom is 0.337 e. The average molecular weight is 507 g/mol. The Balaban J connectivity index is 1.92. The maximum absolute atomic E-state index is 12.5. The largest absolute Gasteiger partial charge is 0.479 e. The Morgan fingerprint density at radius 1 is 1.17 bits per heavy atom. The summed E-state index contributed by atoms with van der Waals surface area (Å²) < 4.78 is 11.3. The van der Waals surface area contributed by atoms with Crippen LogP contribution < -0.4 is 0 Å². The van der Waals surface area contributed by atoms with Gasteiger partial charge in [-0.2, -0.15) is 0 Å². The van der Waals surface area contributed by atoms with Crippen LogP contribution >= 0.6 is 11.6 Å². The fourth-order valence-corrected chi connectivity index (χ4v) is 4.70. The molecule has 3 aromatic rings. The molecule has 0 amide bonds. The summed E-state index contributed by atoms with van der Waals surface area (Å²) in [6, 6.07) is 15.4. The van der Waals surface area contributed by atoms with E-state index in [1.54, 1.807) is 12.1 Å². The fraction of sp³-hybridized carbons (Fsp3) is 0.367. The number of halogens is 1. The summed E-state index contributed by atoms with van der Waals surface area (Å²) in [5.74, 6) is 5.54. The molecule has 3 aromatic carbocycles. The van der Waals surface area contributed by atoms with Crippen molar-refractivity contribution in [2.75, 3.05) is 6.61 Å². The van der Waals surface area contributed by atoms with Crippen LogP contribution in [-0.2, 0) is 14.3 Å². The molecule has 3 unspecified atom stereocenters. The van der Waals surface area contributed by atoms with Crippen LogP contribution in [0.3, 0.4) is 0 Å². The smallest absolute Gasteiger partial charge is 0.337 e. The number of hydrogen-bond donors (Lipinski definition) is 2. The second-order valence-electron chi connectivity index (χ2n) is 10.2. The monoisotopic (exact) mass is 506 g/mol. The zero-order valence-corrected chi connectivity index (χ0v) is 21.7. The Morgan fingerprint density at radius 2 is 1.89 bits per heavy atom. The summed E-state index contributed by atoms with van der Waals surface area (Å²) in [5.41, 5.74) is 3.25. The lowest BCUT2D eigenvalue weighted by Gasteiger charge is -2.28. The van der Waals surface area contributed by atoms with E-state index >= 15 is 0 Å². The maximum atomic E-state index is 12.5. The lowest BCUT2D eigenvalue weighted by molar-refractivity contribution is -0.160. The highest BCUT2D eigenvalue weighted by molar-refractivity contribution is 6.30. The first-order valence-electron chi connectivity index (χ1n) is 12.1. The van der Waals surface area contributed by atoms with Crippen molar-refractivity contribution in [3.63, 3.8) is 0 Å². The third-order valence-electron chi connectivity index (χ3n) is 6.16. The molecule has 1 fully saturated rings. The van der Waals surface area contributed by atoms with Gasteiger partial charge in [-0.25, -0.2) is 4.79 Å². The van der Waals surface area contributed by atoms with Gasteiger partial charge in [-0.05, 0) is 85.8 Å². The number of carboxylic acid groups (broad SMARTS) is 1. The number of hydrogen-bond acceptors (Lipinski definition) is 4. The molecule has 1 heterocycles. The van der Waals surface area contributed by atoms with Gasteiger partial charge in [0.05, 0.1) is 12.2 Å². The highest BCUT2D eigenvalue weighted by Gasteiger charge is 2.31.